The van der Waals surface area contributed by atoms with Gasteiger partial charge in [-0.1, -0.05) is 48.8 Å². The van der Waals surface area contributed by atoms with Gasteiger partial charge in [0.15, 0.2) is 11.0 Å². The fraction of sp³-hybridized carbons (Fsp3) is 0.474. The third-order valence-corrected chi connectivity index (χ3v) is 5.95. The number of hydrogen-bond acceptors (Lipinski definition) is 6. The van der Waals surface area contributed by atoms with Crippen LogP contribution in [0.25, 0.3) is 10.9 Å². The van der Waals surface area contributed by atoms with Crippen LogP contribution in [0.3, 0.4) is 0 Å². The molecule has 0 spiro atoms. The molecular weight excluding hydrogens is 348 g/mol. The van der Waals surface area contributed by atoms with Crippen LogP contribution in [0, 0.1) is 0 Å². The van der Waals surface area contributed by atoms with E-state index in [0.717, 1.165) is 42.8 Å². The number of aromatic nitrogens is 4. The summed E-state index contributed by atoms with van der Waals surface area (Å²) >= 11 is 1.52. The van der Waals surface area contributed by atoms with Gasteiger partial charge in [0.2, 0.25) is 5.89 Å². The number of thioether (sulfide) groups is 1. The Balaban J connectivity index is 1.77. The largest absolute Gasteiger partial charge is 0.338 e. The van der Waals surface area contributed by atoms with E-state index in [9.17, 15) is 4.79 Å². The van der Waals surface area contributed by atoms with Crippen molar-refractivity contribution < 1.29 is 4.52 Å². The van der Waals surface area contributed by atoms with Gasteiger partial charge in [0.1, 0.15) is 0 Å². The molecule has 7 heteroatoms. The lowest BCUT2D eigenvalue weighted by Crippen LogP contribution is -2.26. The summed E-state index contributed by atoms with van der Waals surface area (Å²) in [6.45, 7) is 4.01. The Labute approximate surface area is 156 Å². The highest BCUT2D eigenvalue weighted by atomic mass is 32.2. The molecule has 1 aliphatic carbocycles. The molecule has 6 nitrogen and oxygen atoms in total. The topological polar surface area (TPSA) is 73.8 Å². The first-order valence-electron chi connectivity index (χ1n) is 9.17. The zero-order valence-electron chi connectivity index (χ0n) is 15.0. The number of hydrogen-bond donors (Lipinski definition) is 0. The van der Waals surface area contributed by atoms with Crippen molar-refractivity contribution in [1.29, 1.82) is 0 Å². The zero-order chi connectivity index (χ0) is 18.1. The molecule has 0 amide bonds. The third-order valence-electron chi connectivity index (χ3n) is 4.90. The van der Waals surface area contributed by atoms with E-state index in [1.807, 2.05) is 42.7 Å². The maximum atomic E-state index is 13.2. The summed E-state index contributed by atoms with van der Waals surface area (Å²) < 4.78 is 7.27. The lowest BCUT2D eigenvalue weighted by molar-refractivity contribution is 0.374. The van der Waals surface area contributed by atoms with Crippen LogP contribution in [0.2, 0.25) is 0 Å². The van der Waals surface area contributed by atoms with Crippen molar-refractivity contribution in [3.05, 3.63) is 46.3 Å². The van der Waals surface area contributed by atoms with Crippen LogP contribution in [0.5, 0.6) is 0 Å². The highest BCUT2D eigenvalue weighted by Crippen LogP contribution is 2.37. The van der Waals surface area contributed by atoms with E-state index in [1.54, 1.807) is 0 Å². The third kappa shape index (κ3) is 3.16. The van der Waals surface area contributed by atoms with E-state index in [4.69, 9.17) is 9.51 Å². The Bertz CT molecular complexity index is 975. The molecule has 0 N–H and O–H groups in total. The van der Waals surface area contributed by atoms with E-state index in [-0.39, 0.29) is 16.9 Å². The molecule has 0 radical (unpaired) electrons. The summed E-state index contributed by atoms with van der Waals surface area (Å²) in [5, 5.41) is 5.33. The zero-order valence-corrected chi connectivity index (χ0v) is 15.8. The second-order valence-electron chi connectivity index (χ2n) is 6.69. The number of aryl methyl sites for hydroxylation is 1. The van der Waals surface area contributed by atoms with Crippen molar-refractivity contribution in [1.82, 2.24) is 19.7 Å². The van der Waals surface area contributed by atoms with E-state index < -0.39 is 0 Å². The molecule has 1 unspecified atom stereocenters. The van der Waals surface area contributed by atoms with Gasteiger partial charge in [0, 0.05) is 12.5 Å². The first-order valence-corrected chi connectivity index (χ1v) is 10.1. The number of rotatable bonds is 5. The summed E-state index contributed by atoms with van der Waals surface area (Å²) in [6, 6.07) is 7.79. The highest BCUT2D eigenvalue weighted by molar-refractivity contribution is 7.99. The Hall–Kier alpha value is -2.15. The quantitative estimate of drug-likeness (QED) is 0.492. The van der Waals surface area contributed by atoms with E-state index in [0.29, 0.717) is 17.1 Å². The summed E-state index contributed by atoms with van der Waals surface area (Å²) in [5.41, 5.74) is 0.790. The van der Waals surface area contributed by atoms with Crippen LogP contribution >= 0.6 is 11.8 Å². The molecule has 4 rings (SSSR count). The number of nitrogens with zero attached hydrogens (tertiary/aromatic N) is 4. The fourth-order valence-electron chi connectivity index (χ4n) is 3.48. The van der Waals surface area contributed by atoms with Crippen LogP contribution in [0.4, 0.5) is 0 Å². The maximum Gasteiger partial charge on any atom is 0.262 e. The minimum atomic E-state index is -0.0662. The van der Waals surface area contributed by atoms with Crippen LogP contribution < -0.4 is 5.56 Å². The smallest absolute Gasteiger partial charge is 0.262 e. The lowest BCUT2D eigenvalue weighted by atomic mass is 10.2. The molecule has 2 heterocycles. The van der Waals surface area contributed by atoms with Crippen LogP contribution in [-0.2, 0) is 6.42 Å². The van der Waals surface area contributed by atoms with Gasteiger partial charge in [-0.2, -0.15) is 4.98 Å². The summed E-state index contributed by atoms with van der Waals surface area (Å²) in [5.74, 6) is 1.28. The molecule has 0 aliphatic heterocycles. The molecule has 1 fully saturated rings. The van der Waals surface area contributed by atoms with Gasteiger partial charge in [0.25, 0.3) is 5.56 Å². The highest BCUT2D eigenvalue weighted by Gasteiger charge is 2.25. The Morgan fingerprint density at radius 2 is 2.04 bits per heavy atom. The van der Waals surface area contributed by atoms with Crippen molar-refractivity contribution in [3.63, 3.8) is 0 Å². The van der Waals surface area contributed by atoms with Gasteiger partial charge in [-0.05, 0) is 31.9 Å². The van der Waals surface area contributed by atoms with Crippen molar-refractivity contribution in [3.8, 4) is 0 Å². The molecule has 0 saturated heterocycles. The molecule has 2 aromatic heterocycles. The number of benzene rings is 1. The maximum absolute atomic E-state index is 13.2. The van der Waals surface area contributed by atoms with Gasteiger partial charge in [-0.15, -0.1) is 0 Å². The standard InChI is InChI=1S/C19H22N4O2S/c1-3-16-21-17(25-22-16)12(2)26-19-20-15-11-7-6-10-14(15)18(24)23(19)13-8-4-5-9-13/h6-7,10-13H,3-5,8-9H2,1-2H3. The first-order chi connectivity index (χ1) is 12.7. The Morgan fingerprint density at radius 1 is 1.27 bits per heavy atom. The normalized spacial score (nSPS) is 16.4. The average Bonchev–Trinajstić information content (AvgIpc) is 3.34. The van der Waals surface area contributed by atoms with Crippen LogP contribution in [0.15, 0.2) is 38.7 Å². The van der Waals surface area contributed by atoms with Crippen molar-refractivity contribution in [2.75, 3.05) is 0 Å². The van der Waals surface area contributed by atoms with Gasteiger partial charge in [0.05, 0.1) is 16.2 Å². The monoisotopic (exact) mass is 370 g/mol. The second-order valence-corrected chi connectivity index (χ2v) is 8.00. The molecule has 3 aromatic rings. The van der Waals surface area contributed by atoms with Crippen molar-refractivity contribution in [2.24, 2.45) is 0 Å². The summed E-state index contributed by atoms with van der Waals surface area (Å²) in [6.07, 6.45) is 5.12. The minimum Gasteiger partial charge on any atom is -0.338 e. The first kappa shape index (κ1) is 17.3. The van der Waals surface area contributed by atoms with E-state index >= 15 is 0 Å². The Morgan fingerprint density at radius 3 is 2.77 bits per heavy atom. The molecule has 26 heavy (non-hydrogen) atoms. The predicted octanol–water partition coefficient (Wildman–Crippen LogP) is 4.31. The van der Waals surface area contributed by atoms with Gasteiger partial charge >= 0.3 is 0 Å². The molecule has 0 bridgehead atoms. The van der Waals surface area contributed by atoms with Gasteiger partial charge in [-0.3, -0.25) is 9.36 Å². The number of para-hydroxylation sites is 1. The van der Waals surface area contributed by atoms with Crippen LogP contribution in [-0.4, -0.2) is 19.7 Å². The van der Waals surface area contributed by atoms with Gasteiger partial charge in [-0.25, -0.2) is 4.98 Å². The van der Waals surface area contributed by atoms with Crippen molar-refractivity contribution >= 4 is 22.7 Å². The summed E-state index contributed by atoms with van der Waals surface area (Å²) in [7, 11) is 0. The second kappa shape index (κ2) is 7.23. The molecule has 1 saturated carbocycles. The van der Waals surface area contributed by atoms with Gasteiger partial charge < -0.3 is 4.52 Å². The van der Waals surface area contributed by atoms with Crippen LogP contribution in [0.1, 0.15) is 62.5 Å². The Kier molecular flexibility index (Phi) is 4.80. The molecule has 1 aliphatic rings. The predicted molar refractivity (Wildman–Crippen MR) is 101 cm³/mol. The minimum absolute atomic E-state index is 0.0528. The SMILES string of the molecule is CCc1noc(C(C)Sc2nc3ccccc3c(=O)n2C2CCCC2)n1. The average molecular weight is 370 g/mol. The van der Waals surface area contributed by atoms with E-state index in [1.165, 1.54) is 11.8 Å². The molecular formula is C19H22N4O2S. The number of fused-ring (bicyclic) bond motifs is 1. The fourth-order valence-corrected chi connectivity index (χ4v) is 4.49. The molecule has 136 valence electrons. The molecule has 1 atom stereocenters. The van der Waals surface area contributed by atoms with Crippen molar-refractivity contribution in [2.45, 2.75) is 62.4 Å². The van der Waals surface area contributed by atoms with E-state index in [2.05, 4.69) is 10.1 Å². The molecule has 1 aromatic carbocycles. The lowest BCUT2D eigenvalue weighted by Gasteiger charge is -2.19. The summed E-state index contributed by atoms with van der Waals surface area (Å²) in [4.78, 5) is 22.4.